The van der Waals surface area contributed by atoms with Gasteiger partial charge in [-0.3, -0.25) is 4.79 Å². The SMILES string of the molecule is O=C(NN=Cc1ccc(Cl)s1)c1csc2c1CCCC2. The fraction of sp³-hybridized carbons (Fsp3) is 0.286. The number of carbonyl (C=O) groups excluding carboxylic acids is 1. The molecular weight excluding hydrogens is 312 g/mol. The molecule has 104 valence electrons. The molecule has 2 heterocycles. The van der Waals surface area contributed by atoms with E-state index in [0.29, 0.717) is 4.34 Å². The highest BCUT2D eigenvalue weighted by Crippen LogP contribution is 2.30. The average Bonchev–Trinajstić information content (AvgIpc) is 3.05. The van der Waals surface area contributed by atoms with Crippen molar-refractivity contribution in [1.82, 2.24) is 5.43 Å². The van der Waals surface area contributed by atoms with Crippen LogP contribution in [-0.4, -0.2) is 12.1 Å². The Morgan fingerprint density at radius 3 is 3.00 bits per heavy atom. The number of hydrogen-bond acceptors (Lipinski definition) is 4. The molecule has 0 fully saturated rings. The zero-order chi connectivity index (χ0) is 13.9. The number of fused-ring (bicyclic) bond motifs is 1. The van der Waals surface area contributed by atoms with Crippen LogP contribution in [0.5, 0.6) is 0 Å². The van der Waals surface area contributed by atoms with E-state index in [9.17, 15) is 4.79 Å². The van der Waals surface area contributed by atoms with Crippen LogP contribution < -0.4 is 5.43 Å². The number of thiophene rings is 2. The highest BCUT2D eigenvalue weighted by molar-refractivity contribution is 7.17. The van der Waals surface area contributed by atoms with Crippen molar-refractivity contribution in [2.45, 2.75) is 25.7 Å². The maximum Gasteiger partial charge on any atom is 0.272 e. The summed E-state index contributed by atoms with van der Waals surface area (Å²) in [6, 6.07) is 3.68. The number of hydrogen-bond donors (Lipinski definition) is 1. The lowest BCUT2D eigenvalue weighted by molar-refractivity contribution is 0.0954. The highest BCUT2D eigenvalue weighted by atomic mass is 35.5. The Morgan fingerprint density at radius 2 is 2.20 bits per heavy atom. The predicted molar refractivity (Wildman–Crippen MR) is 85.4 cm³/mol. The van der Waals surface area contributed by atoms with Crippen molar-refractivity contribution >= 4 is 46.4 Å². The molecule has 0 unspecified atom stereocenters. The van der Waals surface area contributed by atoms with Gasteiger partial charge in [-0.1, -0.05) is 11.6 Å². The molecule has 3 nitrogen and oxygen atoms in total. The van der Waals surface area contributed by atoms with Crippen LogP contribution in [0, 0.1) is 0 Å². The van der Waals surface area contributed by atoms with E-state index in [1.807, 2.05) is 17.5 Å². The number of nitrogens with one attached hydrogen (secondary N) is 1. The van der Waals surface area contributed by atoms with Crippen LogP contribution >= 0.6 is 34.3 Å². The molecule has 0 saturated heterocycles. The van der Waals surface area contributed by atoms with Crippen LogP contribution in [0.25, 0.3) is 0 Å². The van der Waals surface area contributed by atoms with Gasteiger partial charge < -0.3 is 0 Å². The van der Waals surface area contributed by atoms with Crippen LogP contribution in [0.2, 0.25) is 4.34 Å². The fourth-order valence-corrected chi connectivity index (χ4v) is 4.36. The molecule has 2 aromatic rings. The molecule has 3 rings (SSSR count). The first-order valence-corrected chi connectivity index (χ1v) is 8.49. The molecule has 0 spiro atoms. The first kappa shape index (κ1) is 13.8. The molecule has 2 aromatic heterocycles. The second-order valence-corrected chi connectivity index (χ2v) is 7.31. The third kappa shape index (κ3) is 2.95. The zero-order valence-electron chi connectivity index (χ0n) is 10.7. The minimum Gasteiger partial charge on any atom is -0.267 e. The molecule has 1 N–H and O–H groups in total. The van der Waals surface area contributed by atoms with Gasteiger partial charge in [-0.15, -0.1) is 22.7 Å². The molecule has 0 saturated carbocycles. The molecule has 0 bridgehead atoms. The molecule has 20 heavy (non-hydrogen) atoms. The maximum absolute atomic E-state index is 12.1. The van der Waals surface area contributed by atoms with Crippen molar-refractivity contribution in [3.05, 3.63) is 42.7 Å². The third-order valence-electron chi connectivity index (χ3n) is 3.26. The summed E-state index contributed by atoms with van der Waals surface area (Å²) in [5, 5.41) is 5.94. The number of nitrogens with zero attached hydrogens (tertiary/aromatic N) is 1. The Bertz CT molecular complexity index is 660. The largest absolute Gasteiger partial charge is 0.272 e. The van der Waals surface area contributed by atoms with Crippen LogP contribution in [-0.2, 0) is 12.8 Å². The van der Waals surface area contributed by atoms with Crippen molar-refractivity contribution in [3.8, 4) is 0 Å². The lowest BCUT2D eigenvalue weighted by atomic mass is 9.96. The van der Waals surface area contributed by atoms with E-state index in [2.05, 4.69) is 10.5 Å². The number of hydrazone groups is 1. The van der Waals surface area contributed by atoms with Crippen LogP contribution in [0.1, 0.15) is 38.5 Å². The van der Waals surface area contributed by atoms with Gasteiger partial charge in [0.1, 0.15) is 0 Å². The minimum atomic E-state index is -0.122. The number of amides is 1. The third-order valence-corrected chi connectivity index (χ3v) is 5.51. The van der Waals surface area contributed by atoms with E-state index < -0.39 is 0 Å². The van der Waals surface area contributed by atoms with E-state index in [4.69, 9.17) is 11.6 Å². The summed E-state index contributed by atoms with van der Waals surface area (Å²) >= 11 is 8.95. The van der Waals surface area contributed by atoms with Gasteiger partial charge in [0.2, 0.25) is 0 Å². The highest BCUT2D eigenvalue weighted by Gasteiger charge is 2.19. The summed E-state index contributed by atoms with van der Waals surface area (Å²) in [7, 11) is 0. The van der Waals surface area contributed by atoms with Gasteiger partial charge in [0, 0.05) is 15.1 Å². The van der Waals surface area contributed by atoms with Gasteiger partial charge in [0.15, 0.2) is 0 Å². The van der Waals surface area contributed by atoms with E-state index in [-0.39, 0.29) is 5.91 Å². The van der Waals surface area contributed by atoms with Gasteiger partial charge in [0.25, 0.3) is 5.91 Å². The van der Waals surface area contributed by atoms with Gasteiger partial charge >= 0.3 is 0 Å². The Labute approximate surface area is 130 Å². The molecule has 0 aliphatic heterocycles. The van der Waals surface area contributed by atoms with Gasteiger partial charge in [-0.2, -0.15) is 5.10 Å². The predicted octanol–water partition coefficient (Wildman–Crippen LogP) is 4.11. The van der Waals surface area contributed by atoms with Crippen LogP contribution in [0.4, 0.5) is 0 Å². The standard InChI is InChI=1S/C14H13ClN2OS2/c15-13-6-5-9(20-13)7-16-17-14(18)11-8-19-12-4-2-1-3-10(11)12/h5-8H,1-4H2,(H,17,18). The van der Waals surface area contributed by atoms with Crippen LogP contribution in [0.3, 0.4) is 0 Å². The van der Waals surface area contributed by atoms with Gasteiger partial charge in [-0.05, 0) is 43.4 Å². The molecule has 1 amide bonds. The quantitative estimate of drug-likeness (QED) is 0.670. The summed E-state index contributed by atoms with van der Waals surface area (Å²) in [5.74, 6) is -0.122. The van der Waals surface area contributed by atoms with Gasteiger partial charge in [0.05, 0.1) is 16.1 Å². The first-order chi connectivity index (χ1) is 9.74. The second kappa shape index (κ2) is 6.08. The summed E-state index contributed by atoms with van der Waals surface area (Å²) < 4.78 is 0.713. The number of aryl methyl sites for hydroxylation is 1. The minimum absolute atomic E-state index is 0.122. The molecular formula is C14H13ClN2OS2. The maximum atomic E-state index is 12.1. The number of carbonyl (C=O) groups is 1. The van der Waals surface area contributed by atoms with Gasteiger partial charge in [-0.25, -0.2) is 5.43 Å². The number of halogens is 1. The van der Waals surface area contributed by atoms with E-state index in [0.717, 1.165) is 23.3 Å². The van der Waals surface area contributed by atoms with E-state index >= 15 is 0 Å². The molecule has 0 atom stereocenters. The van der Waals surface area contributed by atoms with Crippen molar-refractivity contribution in [2.24, 2.45) is 5.10 Å². The lowest BCUT2D eigenvalue weighted by Gasteiger charge is -2.11. The second-order valence-electron chi connectivity index (χ2n) is 4.60. The van der Waals surface area contributed by atoms with Crippen molar-refractivity contribution in [3.63, 3.8) is 0 Å². The smallest absolute Gasteiger partial charge is 0.267 e. The molecule has 1 aliphatic rings. The number of rotatable bonds is 3. The zero-order valence-corrected chi connectivity index (χ0v) is 13.1. The summed E-state index contributed by atoms with van der Waals surface area (Å²) in [6.07, 6.45) is 6.12. The Kier molecular flexibility index (Phi) is 4.19. The summed E-state index contributed by atoms with van der Waals surface area (Å²) in [6.45, 7) is 0. The monoisotopic (exact) mass is 324 g/mol. The van der Waals surface area contributed by atoms with E-state index in [1.54, 1.807) is 17.6 Å². The summed E-state index contributed by atoms with van der Waals surface area (Å²) in [4.78, 5) is 14.4. The average molecular weight is 325 g/mol. The molecule has 6 heteroatoms. The van der Waals surface area contributed by atoms with Crippen molar-refractivity contribution in [2.75, 3.05) is 0 Å². The van der Waals surface area contributed by atoms with Crippen molar-refractivity contribution in [1.29, 1.82) is 0 Å². The first-order valence-electron chi connectivity index (χ1n) is 6.42. The Morgan fingerprint density at radius 1 is 1.35 bits per heavy atom. The topological polar surface area (TPSA) is 41.5 Å². The molecule has 0 aromatic carbocycles. The normalized spacial score (nSPS) is 14.4. The van der Waals surface area contributed by atoms with E-state index in [1.165, 1.54) is 34.6 Å². The van der Waals surface area contributed by atoms with Crippen LogP contribution in [0.15, 0.2) is 22.6 Å². The Hall–Kier alpha value is -1.17. The Balaban J connectivity index is 1.67. The lowest BCUT2D eigenvalue weighted by Crippen LogP contribution is -2.19. The fourth-order valence-electron chi connectivity index (χ4n) is 2.30. The molecule has 1 aliphatic carbocycles. The molecule has 0 radical (unpaired) electrons. The summed E-state index contributed by atoms with van der Waals surface area (Å²) in [5.41, 5.74) is 4.59. The van der Waals surface area contributed by atoms with Crippen molar-refractivity contribution < 1.29 is 4.79 Å².